The zero-order valence-electron chi connectivity index (χ0n) is 20.8. The highest BCUT2D eigenvalue weighted by molar-refractivity contribution is 8.00. The van der Waals surface area contributed by atoms with Gasteiger partial charge in [-0.1, -0.05) is 93.3 Å². The molecule has 0 spiro atoms. The van der Waals surface area contributed by atoms with E-state index in [1.165, 1.54) is 96.5 Å². The van der Waals surface area contributed by atoms with E-state index >= 15 is 0 Å². The van der Waals surface area contributed by atoms with Crippen LogP contribution in [-0.2, 0) is 6.42 Å². The van der Waals surface area contributed by atoms with Crippen LogP contribution in [0, 0.1) is 12.8 Å². The van der Waals surface area contributed by atoms with Crippen molar-refractivity contribution < 1.29 is 0 Å². The predicted molar refractivity (Wildman–Crippen MR) is 151 cm³/mol. The van der Waals surface area contributed by atoms with Gasteiger partial charge < -0.3 is 0 Å². The largest absolute Gasteiger partial charge is 0.256 e. The van der Waals surface area contributed by atoms with Crippen molar-refractivity contribution in [2.75, 3.05) is 0 Å². The lowest BCUT2D eigenvalue weighted by atomic mass is 9.89. The number of hydrogen-bond acceptors (Lipinski definition) is 2. The highest BCUT2D eigenvalue weighted by atomic mass is 32.2. The Kier molecular flexibility index (Phi) is 4.96. The molecule has 2 heteroatoms. The van der Waals surface area contributed by atoms with Gasteiger partial charge in [0.15, 0.2) is 0 Å². The fourth-order valence-corrected chi connectivity index (χ4v) is 8.03. The second-order valence-electron chi connectivity index (χ2n) is 11.0. The Bertz CT molecular complexity index is 1640. The lowest BCUT2D eigenvalue weighted by molar-refractivity contribution is 0.547. The summed E-state index contributed by atoms with van der Waals surface area (Å²) in [6, 6.07) is 21.2. The molecule has 0 unspecified atom stereocenters. The van der Waals surface area contributed by atoms with Crippen LogP contribution in [0.5, 0.6) is 0 Å². The van der Waals surface area contributed by atoms with Crippen molar-refractivity contribution in [3.63, 3.8) is 0 Å². The van der Waals surface area contributed by atoms with Crippen LogP contribution in [0.15, 0.2) is 70.6 Å². The van der Waals surface area contributed by atoms with E-state index in [1.54, 1.807) is 0 Å². The molecule has 0 radical (unpaired) electrons. The molecular weight excluding hydrogens is 442 g/mol. The van der Waals surface area contributed by atoms with E-state index in [0.717, 1.165) is 11.6 Å². The molecule has 2 heterocycles. The summed E-state index contributed by atoms with van der Waals surface area (Å²) >= 11 is 1.96. The molecule has 0 N–H and O–H groups in total. The van der Waals surface area contributed by atoms with E-state index in [2.05, 4.69) is 75.4 Å². The maximum absolute atomic E-state index is 4.99. The smallest absolute Gasteiger partial charge is 0.0803 e. The molecule has 4 aromatic carbocycles. The van der Waals surface area contributed by atoms with E-state index in [-0.39, 0.29) is 0 Å². The summed E-state index contributed by atoms with van der Waals surface area (Å²) in [5.74, 6) is 1.32. The molecule has 7 rings (SSSR count). The van der Waals surface area contributed by atoms with Crippen LogP contribution in [-0.4, -0.2) is 4.98 Å². The molecule has 0 saturated heterocycles. The van der Waals surface area contributed by atoms with Gasteiger partial charge in [0.1, 0.15) is 0 Å². The Morgan fingerprint density at radius 3 is 2.51 bits per heavy atom. The zero-order valence-corrected chi connectivity index (χ0v) is 21.6. The quantitative estimate of drug-likeness (QED) is 0.237. The van der Waals surface area contributed by atoms with Crippen molar-refractivity contribution in [2.24, 2.45) is 5.92 Å². The van der Waals surface area contributed by atoms with E-state index in [1.807, 2.05) is 18.0 Å². The third-order valence-electron chi connectivity index (χ3n) is 8.22. The summed E-state index contributed by atoms with van der Waals surface area (Å²) in [7, 11) is 0. The second-order valence-corrected chi connectivity index (χ2v) is 12.1. The van der Waals surface area contributed by atoms with Crippen LogP contribution < -0.4 is 0 Å². The molecule has 35 heavy (non-hydrogen) atoms. The van der Waals surface area contributed by atoms with Crippen LogP contribution in [0.25, 0.3) is 43.6 Å². The number of pyridine rings is 1. The number of rotatable bonds is 3. The Morgan fingerprint density at radius 2 is 1.69 bits per heavy atom. The Balaban J connectivity index is 1.48. The molecule has 5 aromatic rings. The topological polar surface area (TPSA) is 12.9 Å². The summed E-state index contributed by atoms with van der Waals surface area (Å²) in [5.41, 5.74) is 6.71. The van der Waals surface area contributed by atoms with Crippen LogP contribution >= 0.6 is 11.8 Å². The molecule has 0 amide bonds. The van der Waals surface area contributed by atoms with Gasteiger partial charge in [0.2, 0.25) is 0 Å². The number of aryl methyl sites for hydroxylation is 1. The summed E-state index contributed by atoms with van der Waals surface area (Å²) in [6.45, 7) is 6.84. The number of benzene rings is 4. The first-order chi connectivity index (χ1) is 17.1. The van der Waals surface area contributed by atoms with E-state index < -0.39 is 0 Å². The molecule has 0 atom stereocenters. The highest BCUT2D eigenvalue weighted by Crippen LogP contribution is 2.53. The Hall–Kier alpha value is -2.84. The third kappa shape index (κ3) is 3.41. The van der Waals surface area contributed by atoms with Crippen molar-refractivity contribution in [3.8, 4) is 11.3 Å². The van der Waals surface area contributed by atoms with Gasteiger partial charge in [0.25, 0.3) is 0 Å². The normalized spacial score (nSPS) is 15.5. The summed E-state index contributed by atoms with van der Waals surface area (Å²) < 4.78 is 0. The Morgan fingerprint density at radius 1 is 0.886 bits per heavy atom. The van der Waals surface area contributed by atoms with Gasteiger partial charge in [-0.05, 0) is 81.4 Å². The van der Waals surface area contributed by atoms with E-state index in [0.29, 0.717) is 5.92 Å². The third-order valence-corrected chi connectivity index (χ3v) is 9.41. The van der Waals surface area contributed by atoms with Gasteiger partial charge >= 0.3 is 0 Å². The Labute approximate surface area is 212 Å². The first kappa shape index (κ1) is 21.4. The average molecular weight is 474 g/mol. The van der Waals surface area contributed by atoms with E-state index in [9.17, 15) is 0 Å². The summed E-state index contributed by atoms with van der Waals surface area (Å²) in [6.07, 6.45) is 8.85. The molecule has 0 bridgehead atoms. The van der Waals surface area contributed by atoms with Gasteiger partial charge in [0, 0.05) is 26.9 Å². The van der Waals surface area contributed by atoms with Crippen LogP contribution in [0.2, 0.25) is 0 Å². The average Bonchev–Trinajstić information content (AvgIpc) is 3.36. The summed E-state index contributed by atoms with van der Waals surface area (Å²) in [4.78, 5) is 7.74. The minimum atomic E-state index is 0.446. The standard InChI is InChI=1S/C33H31NS/c1-19(2)30-26-10-8-20(3)14-23(26)17-28-32-31-27(12-13-34-32)25-11-9-22(15-21-6-4-5-7-21)16-24(25)18-29(31)35-33(28)30/h8-14,16-19,21H,4-7,15H2,1-3H3. The van der Waals surface area contributed by atoms with Gasteiger partial charge in [-0.3, -0.25) is 4.98 Å². The molecule has 1 aliphatic carbocycles. The monoisotopic (exact) mass is 473 g/mol. The molecule has 1 fully saturated rings. The predicted octanol–water partition coefficient (Wildman–Crippen LogP) is 9.84. The lowest BCUT2D eigenvalue weighted by Crippen LogP contribution is -2.02. The number of nitrogens with zero attached hydrogens (tertiary/aromatic N) is 1. The van der Waals surface area contributed by atoms with Crippen molar-refractivity contribution in [2.45, 2.75) is 68.6 Å². The first-order valence-corrected chi connectivity index (χ1v) is 14.0. The van der Waals surface area contributed by atoms with Gasteiger partial charge in [-0.15, -0.1) is 0 Å². The number of fused-ring (bicyclic) bond motifs is 5. The van der Waals surface area contributed by atoms with Crippen molar-refractivity contribution in [1.29, 1.82) is 0 Å². The molecule has 2 aliphatic rings. The molecule has 1 aliphatic heterocycles. The molecular formula is C33H31NS. The molecule has 1 saturated carbocycles. The van der Waals surface area contributed by atoms with E-state index in [4.69, 9.17) is 4.98 Å². The summed E-state index contributed by atoms with van der Waals surface area (Å²) in [5, 5.41) is 8.09. The first-order valence-electron chi connectivity index (χ1n) is 13.2. The number of aromatic nitrogens is 1. The van der Waals surface area contributed by atoms with Crippen molar-refractivity contribution in [3.05, 3.63) is 77.5 Å². The SMILES string of the molecule is Cc1ccc2c(C(C)C)c3c(cc2c1)-c1nccc2c1c(cc1cc(CC4CCCC4)ccc12)S3. The molecule has 1 nitrogen and oxygen atoms in total. The number of hydrogen-bond donors (Lipinski definition) is 0. The zero-order chi connectivity index (χ0) is 23.7. The minimum Gasteiger partial charge on any atom is -0.256 e. The second kappa shape index (κ2) is 8.10. The van der Waals surface area contributed by atoms with Gasteiger partial charge in [0.05, 0.1) is 5.69 Å². The fourth-order valence-electron chi connectivity index (χ4n) is 6.59. The van der Waals surface area contributed by atoms with Gasteiger partial charge in [-0.2, -0.15) is 0 Å². The molecule has 174 valence electrons. The van der Waals surface area contributed by atoms with Crippen molar-refractivity contribution in [1.82, 2.24) is 4.98 Å². The fraction of sp³-hybridized carbons (Fsp3) is 0.303. The maximum atomic E-state index is 4.99. The van der Waals surface area contributed by atoms with Gasteiger partial charge in [-0.25, -0.2) is 0 Å². The molecule has 1 aromatic heterocycles. The van der Waals surface area contributed by atoms with Crippen LogP contribution in [0.3, 0.4) is 0 Å². The lowest BCUT2D eigenvalue weighted by Gasteiger charge is -2.26. The minimum absolute atomic E-state index is 0.446. The maximum Gasteiger partial charge on any atom is 0.0803 e. The van der Waals surface area contributed by atoms with Crippen molar-refractivity contribution >= 4 is 44.1 Å². The van der Waals surface area contributed by atoms with Crippen LogP contribution in [0.4, 0.5) is 0 Å². The highest BCUT2D eigenvalue weighted by Gasteiger charge is 2.26. The van der Waals surface area contributed by atoms with Crippen LogP contribution in [0.1, 0.15) is 62.1 Å².